The fraction of sp³-hybridized carbons (Fsp3) is 1.00. The molecule has 17 heavy (non-hydrogen) atoms. The third-order valence-electron chi connectivity index (χ3n) is 3.89. The highest BCUT2D eigenvalue weighted by molar-refractivity contribution is 9.09. The number of hydrogen-bond donors (Lipinski definition) is 0. The fourth-order valence-corrected chi connectivity index (χ4v) is 3.50. The standard InChI is InChI=1S/C14H25BrO2/c15-13-8-3-1-2-4-9-14(13)17-11-12-7-5-6-10-16-12/h12-14H,1-11H2. The lowest BCUT2D eigenvalue weighted by molar-refractivity contribution is -0.0656. The van der Waals surface area contributed by atoms with Crippen molar-refractivity contribution in [2.24, 2.45) is 0 Å². The van der Waals surface area contributed by atoms with Gasteiger partial charge >= 0.3 is 0 Å². The summed E-state index contributed by atoms with van der Waals surface area (Å²) < 4.78 is 11.8. The Morgan fingerprint density at radius 2 is 1.71 bits per heavy atom. The zero-order chi connectivity index (χ0) is 11.9. The molecule has 0 N–H and O–H groups in total. The molecule has 3 unspecified atom stereocenters. The van der Waals surface area contributed by atoms with E-state index >= 15 is 0 Å². The molecule has 0 spiro atoms. The van der Waals surface area contributed by atoms with Crippen molar-refractivity contribution in [2.45, 2.75) is 74.8 Å². The van der Waals surface area contributed by atoms with Crippen molar-refractivity contribution in [2.75, 3.05) is 13.2 Å². The van der Waals surface area contributed by atoms with Crippen molar-refractivity contribution in [3.63, 3.8) is 0 Å². The van der Waals surface area contributed by atoms with Gasteiger partial charge in [-0.25, -0.2) is 0 Å². The quantitative estimate of drug-likeness (QED) is 0.732. The Kier molecular flexibility index (Phi) is 6.30. The highest BCUT2D eigenvalue weighted by Gasteiger charge is 2.23. The molecule has 2 aliphatic rings. The topological polar surface area (TPSA) is 18.5 Å². The van der Waals surface area contributed by atoms with Crippen molar-refractivity contribution >= 4 is 15.9 Å². The van der Waals surface area contributed by atoms with Crippen LogP contribution in [0.4, 0.5) is 0 Å². The van der Waals surface area contributed by atoms with E-state index in [0.717, 1.165) is 13.2 Å². The Bertz CT molecular complexity index is 204. The number of rotatable bonds is 3. The van der Waals surface area contributed by atoms with E-state index in [4.69, 9.17) is 9.47 Å². The van der Waals surface area contributed by atoms with E-state index in [1.165, 1.54) is 57.8 Å². The van der Waals surface area contributed by atoms with Crippen molar-refractivity contribution in [3.8, 4) is 0 Å². The van der Waals surface area contributed by atoms with Gasteiger partial charge in [-0.1, -0.05) is 41.6 Å². The molecule has 0 aromatic rings. The van der Waals surface area contributed by atoms with E-state index in [9.17, 15) is 0 Å². The first kappa shape index (κ1) is 13.8. The smallest absolute Gasteiger partial charge is 0.0808 e. The molecular formula is C14H25BrO2. The van der Waals surface area contributed by atoms with Gasteiger partial charge in [-0.15, -0.1) is 0 Å². The lowest BCUT2D eigenvalue weighted by Gasteiger charge is -2.29. The van der Waals surface area contributed by atoms with Crippen LogP contribution in [0.25, 0.3) is 0 Å². The van der Waals surface area contributed by atoms with Crippen LogP contribution >= 0.6 is 15.9 Å². The van der Waals surface area contributed by atoms with E-state index in [-0.39, 0.29) is 0 Å². The van der Waals surface area contributed by atoms with Crippen LogP contribution in [0.5, 0.6) is 0 Å². The lowest BCUT2D eigenvalue weighted by Crippen LogP contribution is -2.32. The maximum Gasteiger partial charge on any atom is 0.0808 e. The van der Waals surface area contributed by atoms with Gasteiger partial charge in [-0.2, -0.15) is 0 Å². The Morgan fingerprint density at radius 3 is 2.47 bits per heavy atom. The van der Waals surface area contributed by atoms with Crippen molar-refractivity contribution in [1.29, 1.82) is 0 Å². The molecule has 1 aliphatic carbocycles. The van der Waals surface area contributed by atoms with Crippen LogP contribution in [0, 0.1) is 0 Å². The van der Waals surface area contributed by atoms with E-state index in [0.29, 0.717) is 17.0 Å². The van der Waals surface area contributed by atoms with E-state index in [2.05, 4.69) is 15.9 Å². The summed E-state index contributed by atoms with van der Waals surface area (Å²) in [6.45, 7) is 1.73. The van der Waals surface area contributed by atoms with E-state index in [1.807, 2.05) is 0 Å². The van der Waals surface area contributed by atoms with Gasteiger partial charge in [0.2, 0.25) is 0 Å². The first-order chi connectivity index (χ1) is 8.36. The van der Waals surface area contributed by atoms with Gasteiger partial charge in [0.1, 0.15) is 0 Å². The number of ether oxygens (including phenoxy) is 2. The van der Waals surface area contributed by atoms with Gasteiger partial charge in [0, 0.05) is 11.4 Å². The Morgan fingerprint density at radius 1 is 0.941 bits per heavy atom. The zero-order valence-corrected chi connectivity index (χ0v) is 12.3. The van der Waals surface area contributed by atoms with E-state index < -0.39 is 0 Å². The summed E-state index contributed by atoms with van der Waals surface area (Å²) >= 11 is 3.80. The third kappa shape index (κ3) is 4.88. The summed E-state index contributed by atoms with van der Waals surface area (Å²) in [5.74, 6) is 0. The molecule has 3 atom stereocenters. The molecule has 0 radical (unpaired) electrons. The highest BCUT2D eigenvalue weighted by atomic mass is 79.9. The summed E-state index contributed by atoms with van der Waals surface area (Å²) in [6, 6.07) is 0. The van der Waals surface area contributed by atoms with Gasteiger partial charge in [0.15, 0.2) is 0 Å². The highest BCUT2D eigenvalue weighted by Crippen LogP contribution is 2.26. The van der Waals surface area contributed by atoms with Crippen molar-refractivity contribution in [3.05, 3.63) is 0 Å². The molecule has 1 heterocycles. The van der Waals surface area contributed by atoms with Gasteiger partial charge in [-0.3, -0.25) is 0 Å². The van der Waals surface area contributed by atoms with Crippen LogP contribution in [-0.4, -0.2) is 30.2 Å². The molecule has 3 heteroatoms. The first-order valence-corrected chi connectivity index (χ1v) is 8.15. The second-order valence-electron chi connectivity index (χ2n) is 5.37. The Balaban J connectivity index is 1.71. The molecule has 100 valence electrons. The molecule has 1 aliphatic heterocycles. The minimum absolute atomic E-state index is 0.355. The van der Waals surface area contributed by atoms with Crippen molar-refractivity contribution < 1.29 is 9.47 Å². The molecule has 0 bridgehead atoms. The number of alkyl halides is 1. The Labute approximate surface area is 114 Å². The van der Waals surface area contributed by atoms with Gasteiger partial charge in [0.05, 0.1) is 18.8 Å². The molecule has 2 nitrogen and oxygen atoms in total. The fourth-order valence-electron chi connectivity index (χ4n) is 2.76. The van der Waals surface area contributed by atoms with Crippen LogP contribution in [0.1, 0.15) is 57.8 Å². The van der Waals surface area contributed by atoms with Gasteiger partial charge < -0.3 is 9.47 Å². The largest absolute Gasteiger partial charge is 0.376 e. The summed E-state index contributed by atoms with van der Waals surface area (Å²) in [5.41, 5.74) is 0. The lowest BCUT2D eigenvalue weighted by atomic mass is 9.98. The maximum atomic E-state index is 6.10. The summed E-state index contributed by atoms with van der Waals surface area (Å²) in [4.78, 5) is 0.548. The number of hydrogen-bond acceptors (Lipinski definition) is 2. The minimum atomic E-state index is 0.355. The van der Waals surface area contributed by atoms with Crippen LogP contribution in [0.3, 0.4) is 0 Å². The van der Waals surface area contributed by atoms with Gasteiger partial charge in [0.25, 0.3) is 0 Å². The average Bonchev–Trinajstić information content (AvgIpc) is 2.35. The molecule has 0 aromatic carbocycles. The molecule has 1 saturated heterocycles. The number of halogens is 1. The first-order valence-electron chi connectivity index (χ1n) is 7.23. The summed E-state index contributed by atoms with van der Waals surface area (Å²) in [5, 5.41) is 0. The predicted octanol–water partition coefficient (Wildman–Crippen LogP) is 4.06. The second-order valence-corrected chi connectivity index (χ2v) is 6.54. The normalized spacial score (nSPS) is 36.2. The van der Waals surface area contributed by atoms with Crippen LogP contribution in [0.15, 0.2) is 0 Å². The average molecular weight is 305 g/mol. The molecule has 2 rings (SSSR count). The molecule has 1 saturated carbocycles. The third-order valence-corrected chi connectivity index (χ3v) is 4.94. The maximum absolute atomic E-state index is 6.10. The Hall–Kier alpha value is 0.400. The molecular weight excluding hydrogens is 280 g/mol. The van der Waals surface area contributed by atoms with E-state index in [1.54, 1.807) is 0 Å². The summed E-state index contributed by atoms with van der Waals surface area (Å²) in [7, 11) is 0. The second kappa shape index (κ2) is 7.75. The van der Waals surface area contributed by atoms with Crippen LogP contribution < -0.4 is 0 Å². The minimum Gasteiger partial charge on any atom is -0.376 e. The summed E-state index contributed by atoms with van der Waals surface area (Å²) in [6.07, 6.45) is 12.4. The molecule has 0 aromatic heterocycles. The zero-order valence-electron chi connectivity index (χ0n) is 10.7. The predicted molar refractivity (Wildman–Crippen MR) is 73.7 cm³/mol. The van der Waals surface area contributed by atoms with Gasteiger partial charge in [-0.05, 0) is 32.1 Å². The monoisotopic (exact) mass is 304 g/mol. The van der Waals surface area contributed by atoms with Crippen molar-refractivity contribution in [1.82, 2.24) is 0 Å². The molecule has 0 amide bonds. The van der Waals surface area contributed by atoms with Crippen LogP contribution in [-0.2, 0) is 9.47 Å². The SMILES string of the molecule is BrC1CCCCCCC1OCC1CCCCO1. The van der Waals surface area contributed by atoms with Crippen LogP contribution in [0.2, 0.25) is 0 Å². The molecule has 2 fully saturated rings.